The van der Waals surface area contributed by atoms with Crippen molar-refractivity contribution in [3.8, 4) is 0 Å². The van der Waals surface area contributed by atoms with E-state index in [1.165, 1.54) is 0 Å². The van der Waals surface area contributed by atoms with Crippen LogP contribution in [0.5, 0.6) is 0 Å². The number of H-pyrrole nitrogens is 1. The van der Waals surface area contributed by atoms with Gasteiger partial charge in [-0.3, -0.25) is 4.99 Å². The highest BCUT2D eigenvalue weighted by Crippen LogP contribution is 2.26. The Morgan fingerprint density at radius 2 is 2.10 bits per heavy atom. The fraction of sp³-hybridized carbons (Fsp3) is 0.267. The predicted molar refractivity (Wildman–Crippen MR) is 84.1 cm³/mol. The van der Waals surface area contributed by atoms with E-state index in [9.17, 15) is 0 Å². The summed E-state index contributed by atoms with van der Waals surface area (Å²) in [5.41, 5.74) is 16.5. The summed E-state index contributed by atoms with van der Waals surface area (Å²) >= 11 is 6.34. The minimum atomic E-state index is 0.502. The third-order valence-electron chi connectivity index (χ3n) is 3.53. The van der Waals surface area contributed by atoms with Gasteiger partial charge in [0.25, 0.3) is 0 Å². The molecule has 0 unspecified atom stereocenters. The molecule has 1 aliphatic heterocycles. The van der Waals surface area contributed by atoms with E-state index in [0.717, 1.165) is 51.4 Å². The van der Waals surface area contributed by atoms with Crippen molar-refractivity contribution in [3.63, 3.8) is 0 Å². The first-order valence-corrected chi connectivity index (χ1v) is 7.03. The maximum Gasteiger partial charge on any atom is 0.0788 e. The van der Waals surface area contributed by atoms with Gasteiger partial charge in [-0.2, -0.15) is 0 Å². The highest BCUT2D eigenvalue weighted by Gasteiger charge is 2.09. The van der Waals surface area contributed by atoms with Crippen molar-refractivity contribution in [2.24, 2.45) is 16.5 Å². The third-order valence-corrected chi connectivity index (χ3v) is 3.88. The lowest BCUT2D eigenvalue weighted by Crippen LogP contribution is -1.97. The Kier molecular flexibility index (Phi) is 3.51. The van der Waals surface area contributed by atoms with E-state index >= 15 is 0 Å². The lowest BCUT2D eigenvalue weighted by atomic mass is 10.1. The Bertz CT molecular complexity index is 712. The summed E-state index contributed by atoms with van der Waals surface area (Å²) in [6, 6.07) is 6.12. The zero-order valence-electron chi connectivity index (χ0n) is 11.1. The van der Waals surface area contributed by atoms with E-state index in [4.69, 9.17) is 23.1 Å². The van der Waals surface area contributed by atoms with Crippen LogP contribution in [0.1, 0.15) is 17.7 Å². The van der Waals surface area contributed by atoms with E-state index in [2.05, 4.69) is 16.0 Å². The SMILES string of the molecule is NCc1cc2cc(Cl)c(CCC3=NCC(N)=C3)cc2[nH]1. The number of hydrogen-bond donors (Lipinski definition) is 3. The van der Waals surface area contributed by atoms with Gasteiger partial charge in [-0.1, -0.05) is 11.6 Å². The van der Waals surface area contributed by atoms with Crippen LogP contribution in [0, 0.1) is 0 Å². The molecule has 104 valence electrons. The molecule has 0 saturated heterocycles. The van der Waals surface area contributed by atoms with Crippen molar-refractivity contribution in [2.75, 3.05) is 6.54 Å². The van der Waals surface area contributed by atoms with Gasteiger partial charge in [0.1, 0.15) is 0 Å². The number of nitrogens with one attached hydrogen (secondary N) is 1. The number of aliphatic imine (C=N–C) groups is 1. The van der Waals surface area contributed by atoms with Gasteiger partial charge in [0, 0.05) is 39.6 Å². The fourth-order valence-corrected chi connectivity index (χ4v) is 2.74. The molecular weight excluding hydrogens is 272 g/mol. The second-order valence-corrected chi connectivity index (χ2v) is 5.46. The van der Waals surface area contributed by atoms with Gasteiger partial charge in [-0.05, 0) is 42.7 Å². The average molecular weight is 289 g/mol. The van der Waals surface area contributed by atoms with Crippen molar-refractivity contribution in [2.45, 2.75) is 19.4 Å². The Morgan fingerprint density at radius 1 is 1.25 bits per heavy atom. The van der Waals surface area contributed by atoms with Crippen molar-refractivity contribution in [3.05, 3.63) is 46.3 Å². The summed E-state index contributed by atoms with van der Waals surface area (Å²) < 4.78 is 0. The Morgan fingerprint density at radius 3 is 2.80 bits per heavy atom. The third kappa shape index (κ3) is 2.57. The van der Waals surface area contributed by atoms with Gasteiger partial charge in [-0.15, -0.1) is 0 Å². The normalized spacial score (nSPS) is 14.7. The molecular formula is C15H17ClN4. The standard InChI is InChI=1S/C15H17ClN4/c16-14-4-10-3-13(7-17)20-15(10)5-9(14)1-2-12-6-11(18)8-19-12/h3-6,20H,1-2,7-8,17-18H2. The number of halogens is 1. The van der Waals surface area contributed by atoms with Gasteiger partial charge in [0.2, 0.25) is 0 Å². The van der Waals surface area contributed by atoms with E-state index in [-0.39, 0.29) is 0 Å². The quantitative estimate of drug-likeness (QED) is 0.808. The molecule has 2 aromatic rings. The molecule has 3 rings (SSSR count). The Labute approximate surface area is 122 Å². The Balaban J connectivity index is 1.82. The van der Waals surface area contributed by atoms with E-state index < -0.39 is 0 Å². The maximum atomic E-state index is 6.34. The Hall–Kier alpha value is -1.78. The monoisotopic (exact) mass is 288 g/mol. The molecule has 1 aromatic carbocycles. The van der Waals surface area contributed by atoms with Crippen LogP contribution < -0.4 is 11.5 Å². The molecule has 5 heteroatoms. The first-order chi connectivity index (χ1) is 9.65. The number of allylic oxidation sites excluding steroid dienone is 1. The number of nitrogens with zero attached hydrogens (tertiary/aromatic N) is 1. The predicted octanol–water partition coefficient (Wildman–Crippen LogP) is 2.51. The molecule has 0 radical (unpaired) electrons. The molecule has 0 atom stereocenters. The zero-order chi connectivity index (χ0) is 14.1. The van der Waals surface area contributed by atoms with Gasteiger partial charge >= 0.3 is 0 Å². The summed E-state index contributed by atoms with van der Waals surface area (Å²) in [5, 5.41) is 1.89. The zero-order valence-corrected chi connectivity index (χ0v) is 11.9. The molecule has 0 aliphatic carbocycles. The fourth-order valence-electron chi connectivity index (χ4n) is 2.47. The van der Waals surface area contributed by atoms with Crippen molar-refractivity contribution >= 4 is 28.2 Å². The molecule has 4 nitrogen and oxygen atoms in total. The van der Waals surface area contributed by atoms with Crippen molar-refractivity contribution in [1.82, 2.24) is 4.98 Å². The first-order valence-electron chi connectivity index (χ1n) is 6.65. The molecule has 20 heavy (non-hydrogen) atoms. The van der Waals surface area contributed by atoms with Gasteiger partial charge in [-0.25, -0.2) is 0 Å². The smallest absolute Gasteiger partial charge is 0.0788 e. The van der Waals surface area contributed by atoms with Crippen LogP contribution in [0.15, 0.2) is 35.0 Å². The van der Waals surface area contributed by atoms with Crippen molar-refractivity contribution < 1.29 is 0 Å². The topological polar surface area (TPSA) is 80.2 Å². The summed E-state index contributed by atoms with van der Waals surface area (Å²) in [5.74, 6) is 0. The molecule has 0 fully saturated rings. The largest absolute Gasteiger partial charge is 0.400 e. The number of hydrogen-bond acceptors (Lipinski definition) is 3. The van der Waals surface area contributed by atoms with E-state index in [0.29, 0.717) is 13.1 Å². The summed E-state index contributed by atoms with van der Waals surface area (Å²) in [4.78, 5) is 7.67. The van der Waals surface area contributed by atoms with Gasteiger partial charge in [0.05, 0.1) is 6.54 Å². The number of aromatic amines is 1. The lowest BCUT2D eigenvalue weighted by molar-refractivity contribution is 1.02. The molecule has 0 spiro atoms. The second kappa shape index (κ2) is 5.31. The minimum Gasteiger partial charge on any atom is -0.400 e. The van der Waals surface area contributed by atoms with Gasteiger partial charge in [0.15, 0.2) is 0 Å². The number of aryl methyl sites for hydroxylation is 1. The molecule has 0 saturated carbocycles. The molecule has 1 aliphatic rings. The van der Waals surface area contributed by atoms with E-state index in [1.807, 2.05) is 18.2 Å². The van der Waals surface area contributed by atoms with Crippen LogP contribution >= 0.6 is 11.6 Å². The highest BCUT2D eigenvalue weighted by molar-refractivity contribution is 6.32. The van der Waals surface area contributed by atoms with Crippen LogP contribution in [0.4, 0.5) is 0 Å². The minimum absolute atomic E-state index is 0.502. The summed E-state index contributed by atoms with van der Waals surface area (Å²) in [7, 11) is 0. The van der Waals surface area contributed by atoms with Crippen molar-refractivity contribution in [1.29, 1.82) is 0 Å². The van der Waals surface area contributed by atoms with Crippen LogP contribution in [-0.2, 0) is 13.0 Å². The number of nitrogens with two attached hydrogens (primary N) is 2. The summed E-state index contributed by atoms with van der Waals surface area (Å²) in [6.07, 6.45) is 3.67. The second-order valence-electron chi connectivity index (χ2n) is 5.06. The number of benzene rings is 1. The average Bonchev–Trinajstić information content (AvgIpc) is 3.01. The molecule has 2 heterocycles. The van der Waals surface area contributed by atoms with E-state index in [1.54, 1.807) is 0 Å². The number of aromatic nitrogens is 1. The molecule has 5 N–H and O–H groups in total. The molecule has 0 bridgehead atoms. The van der Waals surface area contributed by atoms with Crippen LogP contribution in [0.3, 0.4) is 0 Å². The first kappa shape index (κ1) is 13.2. The van der Waals surface area contributed by atoms with Gasteiger partial charge < -0.3 is 16.5 Å². The molecule has 1 aromatic heterocycles. The lowest BCUT2D eigenvalue weighted by Gasteiger charge is -2.04. The number of rotatable bonds is 4. The molecule has 0 amide bonds. The van der Waals surface area contributed by atoms with Crippen LogP contribution in [0.25, 0.3) is 10.9 Å². The van der Waals surface area contributed by atoms with Crippen LogP contribution in [0.2, 0.25) is 5.02 Å². The highest BCUT2D eigenvalue weighted by atomic mass is 35.5. The van der Waals surface area contributed by atoms with Crippen LogP contribution in [-0.4, -0.2) is 17.2 Å². The number of fused-ring (bicyclic) bond motifs is 1. The maximum absolute atomic E-state index is 6.34. The summed E-state index contributed by atoms with van der Waals surface area (Å²) in [6.45, 7) is 1.13.